The molecule has 0 aliphatic carbocycles. The maximum absolute atomic E-state index is 7.40. The lowest BCUT2D eigenvalue weighted by Gasteiger charge is -2.03. The van der Waals surface area contributed by atoms with Gasteiger partial charge in [0.05, 0.1) is 0 Å². The van der Waals surface area contributed by atoms with Crippen LogP contribution in [0.1, 0.15) is 11.4 Å². The van der Waals surface area contributed by atoms with Crippen molar-refractivity contribution >= 4 is 23.3 Å². The molecule has 0 amide bonds. The van der Waals surface area contributed by atoms with Gasteiger partial charge in [-0.05, 0) is 31.3 Å². The van der Waals surface area contributed by atoms with E-state index in [1.165, 1.54) is 0 Å². The fourth-order valence-corrected chi connectivity index (χ4v) is 0.906. The Labute approximate surface area is 81.2 Å². The van der Waals surface area contributed by atoms with Crippen LogP contribution in [-0.2, 0) is 4.74 Å². The molecule has 0 unspecified atom stereocenters. The van der Waals surface area contributed by atoms with E-state index >= 15 is 0 Å². The molecule has 13 heavy (non-hydrogen) atoms. The molecular weight excluding hydrogens is 186 g/mol. The average Bonchev–Trinajstić information content (AvgIpc) is 2.03. The molecule has 0 spiro atoms. The van der Waals surface area contributed by atoms with Crippen molar-refractivity contribution in [2.24, 2.45) is 5.73 Å². The van der Waals surface area contributed by atoms with Crippen LogP contribution >= 0.6 is 12.2 Å². The molecule has 3 N–H and O–H groups in total. The zero-order valence-electron chi connectivity index (χ0n) is 7.07. The predicted octanol–water partition coefficient (Wildman–Crippen LogP) is 0.976. The second-order valence-electron chi connectivity index (χ2n) is 2.41. The minimum Gasteiger partial charge on any atom is -0.411 e. The monoisotopic (exact) mass is 195 g/mol. The van der Waals surface area contributed by atoms with Crippen molar-refractivity contribution in [3.8, 4) is 0 Å². The molecule has 0 aromatic carbocycles. The van der Waals surface area contributed by atoms with Crippen LogP contribution in [0.4, 0.5) is 0 Å². The highest BCUT2D eigenvalue weighted by atomic mass is 32.1. The number of pyridine rings is 1. The van der Waals surface area contributed by atoms with Crippen molar-refractivity contribution in [1.29, 1.82) is 5.41 Å². The number of rotatable bonds is 1. The van der Waals surface area contributed by atoms with Gasteiger partial charge in [-0.2, -0.15) is 0 Å². The Morgan fingerprint density at radius 2 is 2.31 bits per heavy atom. The zero-order chi connectivity index (χ0) is 9.84. The lowest BCUT2D eigenvalue weighted by molar-refractivity contribution is 0.545. The number of nitrogens with zero attached hydrogens (tertiary/aromatic N) is 1. The third kappa shape index (κ3) is 2.79. The summed E-state index contributed by atoms with van der Waals surface area (Å²) in [6.45, 7) is 1.83. The van der Waals surface area contributed by atoms with Gasteiger partial charge in [0.15, 0.2) is 0 Å². The van der Waals surface area contributed by atoms with Crippen LogP contribution in [0.5, 0.6) is 0 Å². The zero-order valence-corrected chi connectivity index (χ0v) is 7.89. The van der Waals surface area contributed by atoms with Gasteiger partial charge in [-0.25, -0.2) is 4.98 Å². The third-order valence-electron chi connectivity index (χ3n) is 1.32. The lowest BCUT2D eigenvalue weighted by Crippen LogP contribution is -2.19. The van der Waals surface area contributed by atoms with E-state index in [-0.39, 0.29) is 11.1 Å². The highest BCUT2D eigenvalue weighted by Crippen LogP contribution is 1.99. The van der Waals surface area contributed by atoms with Gasteiger partial charge in [0.2, 0.25) is 5.90 Å². The van der Waals surface area contributed by atoms with Gasteiger partial charge in [0.1, 0.15) is 5.69 Å². The molecule has 0 saturated heterocycles. The molecule has 0 saturated carbocycles. The Morgan fingerprint density at radius 1 is 1.62 bits per heavy atom. The summed E-state index contributed by atoms with van der Waals surface area (Å²) in [7, 11) is 0. The highest BCUT2D eigenvalue weighted by Gasteiger charge is 2.04. The SMILES string of the molecule is Cc1cccc(C(=N)OC(N)=S)n1. The normalized spacial score (nSPS) is 9.31. The summed E-state index contributed by atoms with van der Waals surface area (Å²) in [6.07, 6.45) is 0. The molecule has 1 aromatic heterocycles. The second-order valence-corrected chi connectivity index (χ2v) is 2.82. The van der Waals surface area contributed by atoms with Crippen molar-refractivity contribution in [2.75, 3.05) is 0 Å². The summed E-state index contributed by atoms with van der Waals surface area (Å²) in [5.74, 6) is -0.129. The van der Waals surface area contributed by atoms with Crippen LogP contribution in [0, 0.1) is 12.3 Å². The molecule has 4 nitrogen and oxygen atoms in total. The fourth-order valence-electron chi connectivity index (χ4n) is 0.822. The first-order valence-electron chi connectivity index (χ1n) is 3.59. The predicted molar refractivity (Wildman–Crippen MR) is 53.7 cm³/mol. The summed E-state index contributed by atoms with van der Waals surface area (Å²) in [4.78, 5) is 4.06. The number of ether oxygens (including phenoxy) is 1. The number of nitrogens with one attached hydrogen (secondary N) is 1. The molecule has 0 aliphatic rings. The Balaban J connectivity index is 2.83. The van der Waals surface area contributed by atoms with Gasteiger partial charge in [-0.15, -0.1) is 0 Å². The molecule has 0 atom stereocenters. The van der Waals surface area contributed by atoms with E-state index < -0.39 is 0 Å². The molecule has 0 bridgehead atoms. The van der Waals surface area contributed by atoms with E-state index in [2.05, 4.69) is 17.2 Å². The maximum Gasteiger partial charge on any atom is 0.261 e. The number of aromatic nitrogens is 1. The van der Waals surface area contributed by atoms with Crippen LogP contribution < -0.4 is 5.73 Å². The van der Waals surface area contributed by atoms with Gasteiger partial charge in [0.25, 0.3) is 5.17 Å². The van der Waals surface area contributed by atoms with Crippen LogP contribution in [0.3, 0.4) is 0 Å². The first-order valence-corrected chi connectivity index (χ1v) is 4.00. The van der Waals surface area contributed by atoms with Crippen molar-refractivity contribution in [3.05, 3.63) is 29.6 Å². The number of hydrogen-bond donors (Lipinski definition) is 2. The van der Waals surface area contributed by atoms with Gasteiger partial charge in [-0.1, -0.05) is 6.07 Å². The molecule has 68 valence electrons. The van der Waals surface area contributed by atoms with Crippen molar-refractivity contribution in [1.82, 2.24) is 4.98 Å². The summed E-state index contributed by atoms with van der Waals surface area (Å²) in [6, 6.07) is 5.28. The maximum atomic E-state index is 7.40. The third-order valence-corrected chi connectivity index (χ3v) is 1.41. The molecule has 0 aliphatic heterocycles. The molecule has 5 heteroatoms. The van der Waals surface area contributed by atoms with E-state index in [0.29, 0.717) is 5.69 Å². The molecule has 1 aromatic rings. The van der Waals surface area contributed by atoms with Crippen molar-refractivity contribution in [3.63, 3.8) is 0 Å². The molecule has 0 fully saturated rings. The summed E-state index contributed by atoms with van der Waals surface area (Å²) in [5.41, 5.74) is 6.35. The number of nitrogens with two attached hydrogens (primary N) is 1. The van der Waals surface area contributed by atoms with E-state index in [1.807, 2.05) is 13.0 Å². The van der Waals surface area contributed by atoms with E-state index in [9.17, 15) is 0 Å². The number of thiocarbonyl (C=S) groups is 1. The Bertz CT molecular complexity index is 351. The van der Waals surface area contributed by atoms with Gasteiger partial charge >= 0.3 is 0 Å². The van der Waals surface area contributed by atoms with Crippen LogP contribution in [0.2, 0.25) is 0 Å². The Morgan fingerprint density at radius 3 is 2.85 bits per heavy atom. The fraction of sp³-hybridized carbons (Fsp3) is 0.125. The molecule has 0 radical (unpaired) electrons. The Kier molecular flexibility index (Phi) is 2.92. The summed E-state index contributed by atoms with van der Waals surface area (Å²) < 4.78 is 4.72. The largest absolute Gasteiger partial charge is 0.411 e. The van der Waals surface area contributed by atoms with Gasteiger partial charge in [-0.3, -0.25) is 5.41 Å². The summed E-state index contributed by atoms with van der Waals surface area (Å²) in [5, 5.41) is 7.23. The number of aryl methyl sites for hydroxylation is 1. The topological polar surface area (TPSA) is 72.0 Å². The van der Waals surface area contributed by atoms with Crippen LogP contribution in [0.25, 0.3) is 0 Å². The standard InChI is InChI=1S/C8H9N3OS/c1-5-3-2-4-6(11-5)7(9)12-8(10)13/h2-4,9H,1H3,(H2,10,13). The lowest BCUT2D eigenvalue weighted by atomic mass is 10.3. The smallest absolute Gasteiger partial charge is 0.261 e. The second kappa shape index (κ2) is 3.95. The quantitative estimate of drug-likeness (QED) is 0.398. The van der Waals surface area contributed by atoms with Gasteiger partial charge in [0, 0.05) is 5.69 Å². The van der Waals surface area contributed by atoms with E-state index in [0.717, 1.165) is 5.69 Å². The molecule has 1 rings (SSSR count). The molecular formula is C8H9N3OS. The first kappa shape index (κ1) is 9.60. The highest BCUT2D eigenvalue weighted by molar-refractivity contribution is 7.80. The van der Waals surface area contributed by atoms with Crippen LogP contribution in [0.15, 0.2) is 18.2 Å². The van der Waals surface area contributed by atoms with Crippen LogP contribution in [-0.4, -0.2) is 16.1 Å². The number of hydrogen-bond acceptors (Lipinski definition) is 4. The minimum absolute atomic E-state index is 0.129. The minimum atomic E-state index is -0.173. The van der Waals surface area contributed by atoms with Crippen molar-refractivity contribution in [2.45, 2.75) is 6.92 Å². The Hall–Kier alpha value is -1.49. The first-order chi connectivity index (χ1) is 6.09. The van der Waals surface area contributed by atoms with E-state index in [1.54, 1.807) is 12.1 Å². The summed E-state index contributed by atoms with van der Waals surface area (Å²) >= 11 is 4.49. The van der Waals surface area contributed by atoms with Crippen molar-refractivity contribution < 1.29 is 4.74 Å². The van der Waals surface area contributed by atoms with E-state index in [4.69, 9.17) is 15.9 Å². The molecule has 1 heterocycles. The van der Waals surface area contributed by atoms with Gasteiger partial charge < -0.3 is 10.5 Å². The average molecular weight is 195 g/mol.